The first kappa shape index (κ1) is 14.7. The lowest BCUT2D eigenvalue weighted by atomic mass is 9.97. The van der Waals surface area contributed by atoms with E-state index in [1.54, 1.807) is 0 Å². The lowest BCUT2D eigenvalue weighted by Gasteiger charge is -2.16. The Morgan fingerprint density at radius 1 is 1.05 bits per heavy atom. The fourth-order valence-corrected chi connectivity index (χ4v) is 3.81. The average molecular weight is 289 g/mol. The van der Waals surface area contributed by atoms with Crippen LogP contribution in [0, 0.1) is 22.7 Å². The Hall–Kier alpha value is -1.22. The van der Waals surface area contributed by atoms with Crippen LogP contribution in [0.2, 0.25) is 0 Å². The summed E-state index contributed by atoms with van der Waals surface area (Å²) in [6.45, 7) is 12.8. The van der Waals surface area contributed by atoms with Crippen molar-refractivity contribution < 1.29 is 9.47 Å². The number of rotatable bonds is 2. The summed E-state index contributed by atoms with van der Waals surface area (Å²) in [7, 11) is 0. The second-order valence-electron chi connectivity index (χ2n) is 7.88. The van der Waals surface area contributed by atoms with E-state index in [0.717, 1.165) is 17.1 Å². The summed E-state index contributed by atoms with van der Waals surface area (Å²) in [5.74, 6) is 2.58. The molecule has 3 rings (SSSR count). The van der Waals surface area contributed by atoms with Gasteiger partial charge in [-0.05, 0) is 34.4 Å². The van der Waals surface area contributed by atoms with Crippen LogP contribution >= 0.6 is 0 Å². The molecule has 2 atom stereocenters. The highest BCUT2D eigenvalue weighted by Gasteiger charge is 2.66. The SMILES string of the molecule is CC1COc2ccc(C(N)C3C(C)(C)C3(C)C)cc2OC1. The van der Waals surface area contributed by atoms with E-state index in [4.69, 9.17) is 15.2 Å². The molecule has 0 radical (unpaired) electrons. The Morgan fingerprint density at radius 2 is 1.62 bits per heavy atom. The predicted octanol–water partition coefficient (Wildman–Crippen LogP) is 3.78. The fraction of sp³-hybridized carbons (Fsp3) is 0.667. The van der Waals surface area contributed by atoms with Crippen LogP contribution in [0.25, 0.3) is 0 Å². The van der Waals surface area contributed by atoms with Gasteiger partial charge in [0.1, 0.15) is 0 Å². The molecular weight excluding hydrogens is 262 g/mol. The summed E-state index contributed by atoms with van der Waals surface area (Å²) in [5.41, 5.74) is 8.27. The first-order valence-corrected chi connectivity index (χ1v) is 7.90. The van der Waals surface area contributed by atoms with Gasteiger partial charge >= 0.3 is 0 Å². The molecule has 116 valence electrons. The number of nitrogens with two attached hydrogens (primary N) is 1. The molecule has 3 heteroatoms. The highest BCUT2D eigenvalue weighted by atomic mass is 16.5. The lowest BCUT2D eigenvalue weighted by molar-refractivity contribution is 0.228. The maximum Gasteiger partial charge on any atom is 0.161 e. The highest BCUT2D eigenvalue weighted by Crippen LogP contribution is 2.71. The summed E-state index contributed by atoms with van der Waals surface area (Å²) in [4.78, 5) is 0. The van der Waals surface area contributed by atoms with Gasteiger partial charge in [-0.1, -0.05) is 40.7 Å². The van der Waals surface area contributed by atoms with Gasteiger partial charge in [0.25, 0.3) is 0 Å². The van der Waals surface area contributed by atoms with Crippen LogP contribution < -0.4 is 15.2 Å². The zero-order valence-corrected chi connectivity index (χ0v) is 13.8. The summed E-state index contributed by atoms with van der Waals surface area (Å²) in [5, 5.41) is 0. The van der Waals surface area contributed by atoms with Crippen molar-refractivity contribution >= 4 is 0 Å². The molecule has 2 N–H and O–H groups in total. The maximum absolute atomic E-state index is 6.55. The molecule has 1 aliphatic heterocycles. The third-order valence-corrected chi connectivity index (χ3v) is 5.89. The standard InChI is InChI=1S/C18H27NO2/c1-11-9-20-13-7-6-12(8-14(13)21-10-11)15(19)16-17(2,3)18(16,4)5/h6-8,11,15-16H,9-10,19H2,1-5H3. The van der Waals surface area contributed by atoms with Crippen molar-refractivity contribution in [2.75, 3.05) is 13.2 Å². The van der Waals surface area contributed by atoms with Gasteiger partial charge in [-0.25, -0.2) is 0 Å². The number of ether oxygens (including phenoxy) is 2. The molecule has 1 aromatic rings. The van der Waals surface area contributed by atoms with Gasteiger partial charge in [0, 0.05) is 12.0 Å². The molecule has 21 heavy (non-hydrogen) atoms. The number of hydrogen-bond donors (Lipinski definition) is 1. The van der Waals surface area contributed by atoms with E-state index in [1.807, 2.05) is 6.07 Å². The molecule has 1 saturated carbocycles. The topological polar surface area (TPSA) is 44.5 Å². The first-order valence-electron chi connectivity index (χ1n) is 7.90. The van der Waals surface area contributed by atoms with Crippen LogP contribution in [-0.4, -0.2) is 13.2 Å². The maximum atomic E-state index is 6.55. The van der Waals surface area contributed by atoms with E-state index in [-0.39, 0.29) is 16.9 Å². The monoisotopic (exact) mass is 289 g/mol. The molecule has 1 fully saturated rings. The van der Waals surface area contributed by atoms with E-state index < -0.39 is 0 Å². The molecule has 0 spiro atoms. The van der Waals surface area contributed by atoms with E-state index in [0.29, 0.717) is 25.0 Å². The third-order valence-electron chi connectivity index (χ3n) is 5.89. The van der Waals surface area contributed by atoms with Gasteiger partial charge in [-0.2, -0.15) is 0 Å². The zero-order valence-electron chi connectivity index (χ0n) is 13.8. The van der Waals surface area contributed by atoms with Crippen LogP contribution in [0.5, 0.6) is 11.5 Å². The summed E-state index contributed by atoms with van der Waals surface area (Å²) in [6, 6.07) is 6.21. The van der Waals surface area contributed by atoms with Crippen LogP contribution in [0.1, 0.15) is 46.2 Å². The molecule has 0 bridgehead atoms. The molecule has 2 aliphatic rings. The number of hydrogen-bond acceptors (Lipinski definition) is 3. The van der Waals surface area contributed by atoms with Crippen molar-refractivity contribution in [1.29, 1.82) is 0 Å². The minimum absolute atomic E-state index is 0.0459. The smallest absolute Gasteiger partial charge is 0.161 e. The van der Waals surface area contributed by atoms with E-state index >= 15 is 0 Å². The summed E-state index contributed by atoms with van der Waals surface area (Å²) < 4.78 is 11.7. The van der Waals surface area contributed by atoms with Crippen molar-refractivity contribution in [2.45, 2.75) is 40.7 Å². The Bertz CT molecular complexity index is 536. The largest absolute Gasteiger partial charge is 0.489 e. The van der Waals surface area contributed by atoms with E-state index in [1.165, 1.54) is 0 Å². The number of fused-ring (bicyclic) bond motifs is 1. The zero-order chi connectivity index (χ0) is 15.4. The first-order chi connectivity index (χ1) is 9.75. The van der Waals surface area contributed by atoms with Gasteiger partial charge in [0.05, 0.1) is 13.2 Å². The van der Waals surface area contributed by atoms with Crippen molar-refractivity contribution in [1.82, 2.24) is 0 Å². The van der Waals surface area contributed by atoms with Crippen molar-refractivity contribution in [3.63, 3.8) is 0 Å². The molecule has 1 aromatic carbocycles. The average Bonchev–Trinajstić information content (AvgIpc) is 2.91. The van der Waals surface area contributed by atoms with Gasteiger partial charge in [0.15, 0.2) is 11.5 Å². The van der Waals surface area contributed by atoms with E-state index in [9.17, 15) is 0 Å². The van der Waals surface area contributed by atoms with Gasteiger partial charge < -0.3 is 15.2 Å². The van der Waals surface area contributed by atoms with Gasteiger partial charge in [-0.3, -0.25) is 0 Å². The van der Waals surface area contributed by atoms with Gasteiger partial charge in [-0.15, -0.1) is 0 Å². The molecule has 0 saturated heterocycles. The molecule has 1 heterocycles. The molecule has 3 nitrogen and oxygen atoms in total. The van der Waals surface area contributed by atoms with E-state index in [2.05, 4.69) is 46.8 Å². The normalized spacial score (nSPS) is 27.8. The number of benzene rings is 1. The van der Waals surface area contributed by atoms with Crippen LogP contribution in [0.3, 0.4) is 0 Å². The second kappa shape index (κ2) is 4.64. The molecule has 0 aromatic heterocycles. The predicted molar refractivity (Wildman–Crippen MR) is 84.6 cm³/mol. The Kier molecular flexibility index (Phi) is 3.25. The van der Waals surface area contributed by atoms with Crippen LogP contribution in [0.4, 0.5) is 0 Å². The fourth-order valence-electron chi connectivity index (χ4n) is 3.81. The second-order valence-corrected chi connectivity index (χ2v) is 7.88. The molecule has 2 unspecified atom stereocenters. The molecule has 0 amide bonds. The highest BCUT2D eigenvalue weighted by molar-refractivity contribution is 5.45. The lowest BCUT2D eigenvalue weighted by Crippen LogP contribution is -2.16. The quantitative estimate of drug-likeness (QED) is 0.901. The Labute approximate surface area is 127 Å². The van der Waals surface area contributed by atoms with Crippen LogP contribution in [0.15, 0.2) is 18.2 Å². The minimum atomic E-state index is 0.0459. The van der Waals surface area contributed by atoms with Crippen molar-refractivity contribution in [2.24, 2.45) is 28.4 Å². The molecule has 1 aliphatic carbocycles. The van der Waals surface area contributed by atoms with Crippen molar-refractivity contribution in [3.05, 3.63) is 23.8 Å². The van der Waals surface area contributed by atoms with Crippen LogP contribution in [-0.2, 0) is 0 Å². The van der Waals surface area contributed by atoms with Crippen molar-refractivity contribution in [3.8, 4) is 11.5 Å². The summed E-state index contributed by atoms with van der Waals surface area (Å²) in [6.07, 6.45) is 0. The Morgan fingerprint density at radius 3 is 2.19 bits per heavy atom. The third kappa shape index (κ3) is 2.22. The minimum Gasteiger partial charge on any atom is -0.489 e. The summed E-state index contributed by atoms with van der Waals surface area (Å²) >= 11 is 0. The Balaban J connectivity index is 1.85. The van der Waals surface area contributed by atoms with Gasteiger partial charge in [0.2, 0.25) is 0 Å². The molecular formula is C18H27NO2.